The van der Waals surface area contributed by atoms with Gasteiger partial charge in [0.1, 0.15) is 0 Å². The first-order valence-corrected chi connectivity index (χ1v) is 4.80. The summed E-state index contributed by atoms with van der Waals surface area (Å²) >= 11 is 0. The van der Waals surface area contributed by atoms with Crippen molar-refractivity contribution in [2.75, 3.05) is 6.26 Å². The lowest BCUT2D eigenvalue weighted by molar-refractivity contribution is -0.138. The van der Waals surface area contributed by atoms with Gasteiger partial charge in [0.25, 0.3) is 0 Å². The van der Waals surface area contributed by atoms with Gasteiger partial charge in [-0.2, -0.15) is 0 Å². The van der Waals surface area contributed by atoms with Crippen LogP contribution in [-0.2, 0) is 14.6 Å². The van der Waals surface area contributed by atoms with E-state index in [9.17, 15) is 13.2 Å². The summed E-state index contributed by atoms with van der Waals surface area (Å²) < 4.78 is 21.3. The molecule has 58 valence electrons. The van der Waals surface area contributed by atoms with E-state index in [0.29, 0.717) is 0 Å². The highest BCUT2D eigenvalue weighted by Crippen LogP contribution is 2.36. The Bertz CT molecular complexity index is 253. The second-order valence-corrected chi connectivity index (χ2v) is 4.81. The molecule has 5 heteroatoms. The molecule has 4 nitrogen and oxygen atoms in total. The van der Waals surface area contributed by atoms with Gasteiger partial charge < -0.3 is 5.11 Å². The maximum Gasteiger partial charge on any atom is 0.307 e. The molecule has 10 heavy (non-hydrogen) atoms. The summed E-state index contributed by atoms with van der Waals surface area (Å²) in [5, 5.41) is 7.70. The van der Waals surface area contributed by atoms with Crippen LogP contribution in [0.4, 0.5) is 0 Å². The fourth-order valence-electron chi connectivity index (χ4n) is 0.905. The van der Waals surface area contributed by atoms with E-state index in [-0.39, 0.29) is 6.42 Å². The smallest absolute Gasteiger partial charge is 0.307 e. The standard InChI is InChI=1S/C5H8O4S/c1-10(8,9)4-2-3(4)5(6)7/h3-4H,2H2,1H3,(H,6,7)/t3-,4+/m1/s1. The van der Waals surface area contributed by atoms with Gasteiger partial charge in [0.05, 0.1) is 11.2 Å². The van der Waals surface area contributed by atoms with Crippen molar-refractivity contribution in [2.45, 2.75) is 11.7 Å². The molecule has 0 heterocycles. The van der Waals surface area contributed by atoms with Crippen molar-refractivity contribution in [1.29, 1.82) is 0 Å². The Balaban J connectivity index is 2.64. The van der Waals surface area contributed by atoms with Gasteiger partial charge in [-0.05, 0) is 6.42 Å². The Morgan fingerprint density at radius 1 is 1.60 bits per heavy atom. The summed E-state index contributed by atoms with van der Waals surface area (Å²) in [6.45, 7) is 0. The molecule has 0 bridgehead atoms. The van der Waals surface area contributed by atoms with Crippen LogP contribution in [0.25, 0.3) is 0 Å². The van der Waals surface area contributed by atoms with E-state index < -0.39 is 27.0 Å². The van der Waals surface area contributed by atoms with Gasteiger partial charge in [-0.3, -0.25) is 4.79 Å². The number of rotatable bonds is 2. The number of hydrogen-bond acceptors (Lipinski definition) is 3. The van der Waals surface area contributed by atoms with Crippen molar-refractivity contribution in [3.05, 3.63) is 0 Å². The third-order valence-electron chi connectivity index (χ3n) is 1.60. The summed E-state index contributed by atoms with van der Waals surface area (Å²) in [7, 11) is -3.10. The quantitative estimate of drug-likeness (QED) is 0.597. The zero-order chi connectivity index (χ0) is 7.94. The molecule has 2 atom stereocenters. The average molecular weight is 164 g/mol. The molecule has 1 saturated carbocycles. The van der Waals surface area contributed by atoms with E-state index in [1.807, 2.05) is 0 Å². The van der Waals surface area contributed by atoms with E-state index in [2.05, 4.69) is 0 Å². The minimum absolute atomic E-state index is 0.286. The van der Waals surface area contributed by atoms with Gasteiger partial charge in [-0.1, -0.05) is 0 Å². The molecule has 0 saturated heterocycles. The van der Waals surface area contributed by atoms with Crippen LogP contribution in [0.2, 0.25) is 0 Å². The third kappa shape index (κ3) is 1.29. The summed E-state index contributed by atoms with van der Waals surface area (Å²) in [4.78, 5) is 10.2. The van der Waals surface area contributed by atoms with Crippen LogP contribution in [0.3, 0.4) is 0 Å². The molecule has 0 spiro atoms. The zero-order valence-corrected chi connectivity index (χ0v) is 6.26. The third-order valence-corrected chi connectivity index (χ3v) is 3.22. The monoisotopic (exact) mass is 164 g/mol. The fourth-order valence-corrected chi connectivity index (χ4v) is 2.17. The van der Waals surface area contributed by atoms with Crippen LogP contribution in [-0.4, -0.2) is 31.0 Å². The molecular weight excluding hydrogens is 156 g/mol. The second kappa shape index (κ2) is 1.95. The Labute approximate surface area is 58.8 Å². The molecule has 1 rings (SSSR count). The number of carboxylic acids is 1. The number of aliphatic carboxylic acids is 1. The molecule has 0 aliphatic heterocycles. The van der Waals surface area contributed by atoms with Crippen molar-refractivity contribution in [3.8, 4) is 0 Å². The largest absolute Gasteiger partial charge is 0.481 e. The highest BCUT2D eigenvalue weighted by molar-refractivity contribution is 7.91. The van der Waals surface area contributed by atoms with Crippen LogP contribution < -0.4 is 0 Å². The minimum Gasteiger partial charge on any atom is -0.481 e. The van der Waals surface area contributed by atoms with Gasteiger partial charge in [-0.25, -0.2) is 8.42 Å². The van der Waals surface area contributed by atoms with E-state index in [0.717, 1.165) is 6.26 Å². The van der Waals surface area contributed by atoms with E-state index in [4.69, 9.17) is 5.11 Å². The second-order valence-electron chi connectivity index (χ2n) is 2.55. The van der Waals surface area contributed by atoms with Crippen molar-refractivity contribution in [2.24, 2.45) is 5.92 Å². The van der Waals surface area contributed by atoms with Gasteiger partial charge in [0.15, 0.2) is 9.84 Å². The molecule has 0 amide bonds. The number of carbonyl (C=O) groups is 1. The van der Waals surface area contributed by atoms with Crippen LogP contribution in [0, 0.1) is 5.92 Å². The van der Waals surface area contributed by atoms with E-state index >= 15 is 0 Å². The lowest BCUT2D eigenvalue weighted by Gasteiger charge is -1.90. The van der Waals surface area contributed by atoms with Crippen molar-refractivity contribution in [1.82, 2.24) is 0 Å². The molecule has 1 N–H and O–H groups in total. The Kier molecular flexibility index (Phi) is 1.47. The van der Waals surface area contributed by atoms with Crippen LogP contribution in [0.15, 0.2) is 0 Å². The molecule has 1 fully saturated rings. The van der Waals surface area contributed by atoms with Crippen LogP contribution >= 0.6 is 0 Å². The molecule has 0 radical (unpaired) electrons. The van der Waals surface area contributed by atoms with Crippen LogP contribution in [0.5, 0.6) is 0 Å². The summed E-state index contributed by atoms with van der Waals surface area (Å²) in [5.74, 6) is -1.65. The lowest BCUT2D eigenvalue weighted by atomic mass is 10.4. The summed E-state index contributed by atoms with van der Waals surface area (Å²) in [5.41, 5.74) is 0. The maximum atomic E-state index is 10.6. The number of sulfone groups is 1. The lowest BCUT2D eigenvalue weighted by Crippen LogP contribution is -2.10. The maximum absolute atomic E-state index is 10.6. The summed E-state index contributed by atoms with van der Waals surface area (Å²) in [6.07, 6.45) is 1.36. The molecule has 0 aromatic heterocycles. The highest BCUT2D eigenvalue weighted by Gasteiger charge is 2.49. The first kappa shape index (κ1) is 7.53. The minimum atomic E-state index is -3.10. The van der Waals surface area contributed by atoms with Gasteiger partial charge in [-0.15, -0.1) is 0 Å². The molecular formula is C5H8O4S. The molecule has 1 aliphatic rings. The predicted molar refractivity (Wildman–Crippen MR) is 34.4 cm³/mol. The summed E-state index contributed by atoms with van der Waals surface area (Å²) in [6, 6.07) is 0. The average Bonchev–Trinajstić information content (AvgIpc) is 2.35. The van der Waals surface area contributed by atoms with E-state index in [1.165, 1.54) is 0 Å². The normalized spacial score (nSPS) is 31.7. The topological polar surface area (TPSA) is 71.4 Å². The predicted octanol–water partition coefficient (Wildman–Crippen LogP) is -0.496. The van der Waals surface area contributed by atoms with E-state index in [1.54, 1.807) is 0 Å². The highest BCUT2D eigenvalue weighted by atomic mass is 32.2. The van der Waals surface area contributed by atoms with Gasteiger partial charge >= 0.3 is 5.97 Å². The van der Waals surface area contributed by atoms with Gasteiger partial charge in [0.2, 0.25) is 0 Å². The van der Waals surface area contributed by atoms with Crippen LogP contribution in [0.1, 0.15) is 6.42 Å². The number of carboxylic acid groups (broad SMARTS) is 1. The first-order chi connectivity index (χ1) is 4.43. The Morgan fingerprint density at radius 3 is 2.20 bits per heavy atom. The number of hydrogen-bond donors (Lipinski definition) is 1. The molecule has 1 aliphatic carbocycles. The SMILES string of the molecule is CS(=O)(=O)[C@H]1C[C@H]1C(=O)O. The van der Waals surface area contributed by atoms with Crippen molar-refractivity contribution >= 4 is 15.8 Å². The molecule has 0 aromatic carbocycles. The van der Waals surface area contributed by atoms with Crippen molar-refractivity contribution in [3.63, 3.8) is 0 Å². The molecule has 0 unspecified atom stereocenters. The first-order valence-electron chi connectivity index (χ1n) is 2.84. The van der Waals surface area contributed by atoms with Gasteiger partial charge in [0, 0.05) is 6.26 Å². The Morgan fingerprint density at radius 2 is 2.10 bits per heavy atom. The van der Waals surface area contributed by atoms with Crippen molar-refractivity contribution < 1.29 is 18.3 Å². The fraction of sp³-hybridized carbons (Fsp3) is 0.800. The molecule has 0 aromatic rings. The Hall–Kier alpha value is -0.580. The zero-order valence-electron chi connectivity index (χ0n) is 5.44.